The predicted octanol–water partition coefficient (Wildman–Crippen LogP) is -0.158. The van der Waals surface area contributed by atoms with Crippen molar-refractivity contribution in [3.05, 3.63) is 0 Å². The van der Waals surface area contributed by atoms with Gasteiger partial charge in [-0.3, -0.25) is 4.79 Å². The van der Waals surface area contributed by atoms with Gasteiger partial charge in [0.1, 0.15) is 0 Å². The minimum Gasteiger partial charge on any atom is -0.474 e. The van der Waals surface area contributed by atoms with Crippen LogP contribution in [0.15, 0.2) is 0 Å². The van der Waals surface area contributed by atoms with E-state index in [0.29, 0.717) is 6.92 Å². The smallest absolute Gasteiger partial charge is 0.394 e. The Balaban J connectivity index is 3.73. The van der Waals surface area contributed by atoms with E-state index < -0.39 is 24.3 Å². The molecule has 0 spiro atoms. The minimum atomic E-state index is -3.08. The molecule has 4 nitrogen and oxygen atoms in total. The third-order valence-corrected chi connectivity index (χ3v) is 0.754. The van der Waals surface area contributed by atoms with Crippen LogP contribution in [0.3, 0.4) is 0 Å². The van der Waals surface area contributed by atoms with E-state index in [-0.39, 0.29) is 0 Å². The molecule has 0 rings (SSSR count). The molecule has 1 amide bonds. The molecule has 0 fully saturated rings. The van der Waals surface area contributed by atoms with Gasteiger partial charge < -0.3 is 10.4 Å². The maximum absolute atomic E-state index is 11.9. The van der Waals surface area contributed by atoms with Crippen molar-refractivity contribution in [2.24, 2.45) is 0 Å². The Hall–Kier alpha value is -1.20. The second-order valence-electron chi connectivity index (χ2n) is 2.06. The Bertz CT molecular complexity index is 175. The number of aliphatic carboxylic acids is 1. The molecule has 0 saturated carbocycles. The first kappa shape index (κ1) is 9.80. The molecule has 11 heavy (non-hydrogen) atoms. The largest absolute Gasteiger partial charge is 0.474 e. The van der Waals surface area contributed by atoms with Crippen molar-refractivity contribution >= 4 is 11.9 Å². The van der Waals surface area contributed by atoms with E-state index in [0.717, 1.165) is 0 Å². The zero-order valence-electron chi connectivity index (χ0n) is 5.73. The highest BCUT2D eigenvalue weighted by Gasteiger charge is 2.23. The van der Waals surface area contributed by atoms with Crippen molar-refractivity contribution in [1.82, 2.24) is 5.32 Å². The first-order chi connectivity index (χ1) is 4.83. The number of carboxylic acid groups (broad SMARTS) is 1. The Morgan fingerprint density at radius 1 is 1.55 bits per heavy atom. The standard InChI is InChI=1S/C5H7F2NO3/c1-5(6,7)2-8-3(9)4(10)11/h2H2,1H3,(H,8,9)(H,10,11). The van der Waals surface area contributed by atoms with Crippen LogP contribution in [-0.2, 0) is 9.59 Å². The quantitative estimate of drug-likeness (QED) is 0.561. The normalized spacial score (nSPS) is 10.8. The van der Waals surface area contributed by atoms with Crippen LogP contribution in [0, 0.1) is 0 Å². The summed E-state index contributed by atoms with van der Waals surface area (Å²) in [5.41, 5.74) is 0. The second kappa shape index (κ2) is 3.27. The van der Waals surface area contributed by atoms with Gasteiger partial charge in [0.15, 0.2) is 0 Å². The van der Waals surface area contributed by atoms with E-state index in [2.05, 4.69) is 0 Å². The lowest BCUT2D eigenvalue weighted by molar-refractivity contribution is -0.150. The van der Waals surface area contributed by atoms with Crippen LogP contribution in [0.25, 0.3) is 0 Å². The summed E-state index contributed by atoms with van der Waals surface area (Å²) in [6.07, 6.45) is 0. The molecule has 0 aromatic rings. The first-order valence-corrected chi connectivity index (χ1v) is 2.72. The van der Waals surface area contributed by atoms with E-state index in [1.165, 1.54) is 5.32 Å². The van der Waals surface area contributed by atoms with E-state index >= 15 is 0 Å². The van der Waals surface area contributed by atoms with E-state index in [1.807, 2.05) is 0 Å². The monoisotopic (exact) mass is 167 g/mol. The van der Waals surface area contributed by atoms with Crippen LogP contribution in [0.4, 0.5) is 8.78 Å². The average Bonchev–Trinajstić information content (AvgIpc) is 1.80. The van der Waals surface area contributed by atoms with Gasteiger partial charge in [-0.1, -0.05) is 0 Å². The summed E-state index contributed by atoms with van der Waals surface area (Å²) >= 11 is 0. The lowest BCUT2D eigenvalue weighted by atomic mass is 10.4. The number of amides is 1. The zero-order chi connectivity index (χ0) is 9.07. The second-order valence-corrected chi connectivity index (χ2v) is 2.06. The maximum Gasteiger partial charge on any atom is 0.394 e. The molecule has 0 bridgehead atoms. The first-order valence-electron chi connectivity index (χ1n) is 2.72. The summed E-state index contributed by atoms with van der Waals surface area (Å²) in [6.45, 7) is -0.382. The Morgan fingerprint density at radius 3 is 2.27 bits per heavy atom. The van der Waals surface area contributed by atoms with Crippen molar-refractivity contribution in [2.75, 3.05) is 6.54 Å². The average molecular weight is 167 g/mol. The van der Waals surface area contributed by atoms with Crippen molar-refractivity contribution < 1.29 is 23.5 Å². The highest BCUT2D eigenvalue weighted by Crippen LogP contribution is 2.08. The van der Waals surface area contributed by atoms with Gasteiger partial charge in [0.2, 0.25) is 0 Å². The molecule has 0 radical (unpaired) electrons. The van der Waals surface area contributed by atoms with Gasteiger partial charge >= 0.3 is 11.9 Å². The summed E-state index contributed by atoms with van der Waals surface area (Å²) in [4.78, 5) is 19.9. The van der Waals surface area contributed by atoms with Crippen molar-refractivity contribution in [1.29, 1.82) is 0 Å². The molecule has 0 aliphatic carbocycles. The fourth-order valence-corrected chi connectivity index (χ4v) is 0.311. The Morgan fingerprint density at radius 2 is 2.00 bits per heavy atom. The fraction of sp³-hybridized carbons (Fsp3) is 0.600. The van der Waals surface area contributed by atoms with Crippen molar-refractivity contribution in [3.63, 3.8) is 0 Å². The summed E-state index contributed by atoms with van der Waals surface area (Å²) in [7, 11) is 0. The summed E-state index contributed by atoms with van der Waals surface area (Å²) < 4.78 is 23.9. The lowest BCUT2D eigenvalue weighted by Crippen LogP contribution is -2.38. The third kappa shape index (κ3) is 5.25. The van der Waals surface area contributed by atoms with Crippen molar-refractivity contribution in [3.8, 4) is 0 Å². The van der Waals surface area contributed by atoms with Crippen LogP contribution in [-0.4, -0.2) is 29.5 Å². The molecule has 0 aromatic heterocycles. The highest BCUT2D eigenvalue weighted by molar-refractivity contribution is 6.31. The van der Waals surface area contributed by atoms with Gasteiger partial charge in [-0.05, 0) is 0 Å². The molecular formula is C5H7F2NO3. The number of carboxylic acids is 1. The lowest BCUT2D eigenvalue weighted by Gasteiger charge is -2.08. The van der Waals surface area contributed by atoms with Crippen LogP contribution in [0.5, 0.6) is 0 Å². The Labute approximate surface area is 61.2 Å². The molecule has 2 N–H and O–H groups in total. The molecule has 0 atom stereocenters. The number of halogens is 2. The number of nitrogens with one attached hydrogen (secondary N) is 1. The fourth-order valence-electron chi connectivity index (χ4n) is 0.311. The molecule has 0 aliphatic heterocycles. The molecule has 6 heteroatoms. The molecule has 0 aliphatic rings. The van der Waals surface area contributed by atoms with E-state index in [1.54, 1.807) is 0 Å². The third-order valence-electron chi connectivity index (χ3n) is 0.754. The SMILES string of the molecule is CC(F)(F)CNC(=O)C(=O)O. The molecular weight excluding hydrogens is 160 g/mol. The highest BCUT2D eigenvalue weighted by atomic mass is 19.3. The summed E-state index contributed by atoms with van der Waals surface area (Å²) in [5.74, 6) is -6.27. The van der Waals surface area contributed by atoms with Gasteiger partial charge in [0, 0.05) is 6.92 Å². The molecule has 0 heterocycles. The summed E-state index contributed by atoms with van der Waals surface area (Å²) in [5, 5.41) is 9.46. The van der Waals surface area contributed by atoms with Crippen LogP contribution < -0.4 is 5.32 Å². The molecule has 0 unspecified atom stereocenters. The van der Waals surface area contributed by atoms with Crippen LogP contribution >= 0.6 is 0 Å². The number of hydrogen-bond acceptors (Lipinski definition) is 2. The predicted molar refractivity (Wildman–Crippen MR) is 31.3 cm³/mol. The number of hydrogen-bond donors (Lipinski definition) is 2. The van der Waals surface area contributed by atoms with Crippen LogP contribution in [0.1, 0.15) is 6.92 Å². The minimum absolute atomic E-state index is 0.579. The topological polar surface area (TPSA) is 66.4 Å². The van der Waals surface area contributed by atoms with Gasteiger partial charge in [0.05, 0.1) is 6.54 Å². The van der Waals surface area contributed by atoms with Crippen LogP contribution in [0.2, 0.25) is 0 Å². The number of rotatable bonds is 2. The maximum atomic E-state index is 11.9. The van der Waals surface area contributed by atoms with Gasteiger partial charge in [-0.25, -0.2) is 13.6 Å². The van der Waals surface area contributed by atoms with Crippen molar-refractivity contribution in [2.45, 2.75) is 12.8 Å². The molecule has 0 saturated heterocycles. The van der Waals surface area contributed by atoms with Gasteiger partial charge in [-0.2, -0.15) is 0 Å². The number of alkyl halides is 2. The van der Waals surface area contributed by atoms with Gasteiger partial charge in [-0.15, -0.1) is 0 Å². The summed E-state index contributed by atoms with van der Waals surface area (Å²) in [6, 6.07) is 0. The number of carbonyl (C=O) groups is 2. The zero-order valence-corrected chi connectivity index (χ0v) is 5.73. The van der Waals surface area contributed by atoms with E-state index in [9.17, 15) is 18.4 Å². The van der Waals surface area contributed by atoms with Gasteiger partial charge in [0.25, 0.3) is 5.92 Å². The molecule has 0 aromatic carbocycles. The number of carbonyl (C=O) groups excluding carboxylic acids is 1. The molecule has 64 valence electrons. The Kier molecular flexibility index (Phi) is 2.91. The van der Waals surface area contributed by atoms with E-state index in [4.69, 9.17) is 5.11 Å².